The van der Waals surface area contributed by atoms with Gasteiger partial charge < -0.3 is 9.84 Å². The van der Waals surface area contributed by atoms with Crippen LogP contribution in [-0.4, -0.2) is 20.8 Å². The number of hydrogen-bond donors (Lipinski definition) is 1. The van der Waals surface area contributed by atoms with Crippen molar-refractivity contribution < 1.29 is 9.32 Å². The fourth-order valence-electron chi connectivity index (χ4n) is 3.29. The number of aromatic nitrogens is 3. The van der Waals surface area contributed by atoms with Gasteiger partial charge in [-0.1, -0.05) is 47.9 Å². The molecule has 0 aliphatic carbocycles. The highest BCUT2D eigenvalue weighted by atomic mass is 35.5. The van der Waals surface area contributed by atoms with E-state index in [4.69, 9.17) is 16.1 Å². The molecule has 0 saturated heterocycles. The van der Waals surface area contributed by atoms with Crippen molar-refractivity contribution in [3.8, 4) is 11.3 Å². The molecule has 0 aliphatic heterocycles. The van der Waals surface area contributed by atoms with Crippen LogP contribution in [0.2, 0.25) is 5.02 Å². The van der Waals surface area contributed by atoms with E-state index >= 15 is 0 Å². The van der Waals surface area contributed by atoms with E-state index < -0.39 is 0 Å². The molecule has 7 nitrogen and oxygen atoms in total. The zero-order valence-corrected chi connectivity index (χ0v) is 17.2. The largest absolute Gasteiger partial charge is 0.353 e. The number of amides is 1. The second-order valence-corrected chi connectivity index (χ2v) is 7.32. The van der Waals surface area contributed by atoms with Crippen LogP contribution in [0.4, 0.5) is 5.69 Å². The van der Waals surface area contributed by atoms with Gasteiger partial charge in [0, 0.05) is 23.2 Å². The third-order valence-corrected chi connectivity index (χ3v) is 4.94. The Morgan fingerprint density at radius 2 is 1.97 bits per heavy atom. The van der Waals surface area contributed by atoms with Crippen LogP contribution in [0, 0.1) is 0 Å². The van der Waals surface area contributed by atoms with E-state index in [9.17, 15) is 9.59 Å². The smallest absolute Gasteiger partial charge is 0.280 e. The minimum absolute atomic E-state index is 0.175. The summed E-state index contributed by atoms with van der Waals surface area (Å²) >= 11 is 5.97. The van der Waals surface area contributed by atoms with Crippen LogP contribution < -0.4 is 10.9 Å². The summed E-state index contributed by atoms with van der Waals surface area (Å²) in [5, 5.41) is 12.5. The van der Waals surface area contributed by atoms with Crippen LogP contribution in [0.15, 0.2) is 57.8 Å². The Balaban J connectivity index is 1.90. The van der Waals surface area contributed by atoms with E-state index in [0.717, 1.165) is 5.56 Å². The molecule has 4 aromatic rings. The van der Waals surface area contributed by atoms with Crippen LogP contribution in [0.5, 0.6) is 0 Å². The fraction of sp³-hybridized carbons (Fsp3) is 0.182. The first kappa shape index (κ1) is 19.8. The number of nitrogens with one attached hydrogen (secondary N) is 1. The van der Waals surface area contributed by atoms with Crippen LogP contribution >= 0.6 is 11.6 Å². The number of carbonyl (C=O) groups is 1. The van der Waals surface area contributed by atoms with Crippen LogP contribution in [0.3, 0.4) is 0 Å². The molecule has 8 heteroatoms. The molecule has 1 amide bonds. The Kier molecular flexibility index (Phi) is 5.37. The lowest BCUT2D eigenvalue weighted by Gasteiger charge is -2.10. The van der Waals surface area contributed by atoms with Crippen molar-refractivity contribution in [1.82, 2.24) is 14.9 Å². The molecule has 0 radical (unpaired) electrons. The number of halogens is 1. The van der Waals surface area contributed by atoms with Gasteiger partial charge in [0.2, 0.25) is 11.5 Å². The molecule has 4 rings (SSSR count). The van der Waals surface area contributed by atoms with Gasteiger partial charge in [0.15, 0.2) is 0 Å². The number of nitrogens with zero attached hydrogens (tertiary/aromatic N) is 3. The summed E-state index contributed by atoms with van der Waals surface area (Å²) < 4.78 is 6.92. The predicted molar refractivity (Wildman–Crippen MR) is 116 cm³/mol. The lowest BCUT2D eigenvalue weighted by molar-refractivity contribution is -0.114. The third kappa shape index (κ3) is 3.84. The van der Waals surface area contributed by atoms with E-state index in [1.165, 1.54) is 11.6 Å². The van der Waals surface area contributed by atoms with E-state index in [0.29, 0.717) is 45.1 Å². The highest BCUT2D eigenvalue weighted by Gasteiger charge is 2.20. The molecule has 0 unspecified atom stereocenters. The summed E-state index contributed by atoms with van der Waals surface area (Å²) in [5.41, 5.74) is 3.36. The molecule has 2 aromatic carbocycles. The van der Waals surface area contributed by atoms with E-state index in [2.05, 4.69) is 15.6 Å². The quantitative estimate of drug-likeness (QED) is 0.518. The lowest BCUT2D eigenvalue weighted by atomic mass is 10.1. The average molecular weight is 423 g/mol. The lowest BCUT2D eigenvalue weighted by Crippen LogP contribution is -2.24. The summed E-state index contributed by atoms with van der Waals surface area (Å²) in [4.78, 5) is 24.6. The predicted octanol–water partition coefficient (Wildman–Crippen LogP) is 4.27. The minimum atomic E-state index is -0.264. The molecule has 0 spiro atoms. The SMILES string of the molecule is CCc1noc2c(-c3cccc(NC(C)=O)c3)nn(Cc3ccc(Cl)cc3)c(=O)c12. The Hall–Kier alpha value is -3.45. The number of benzene rings is 2. The topological polar surface area (TPSA) is 90.0 Å². The highest BCUT2D eigenvalue weighted by molar-refractivity contribution is 6.30. The average Bonchev–Trinajstić information content (AvgIpc) is 3.16. The van der Waals surface area contributed by atoms with Crippen LogP contribution in [-0.2, 0) is 17.8 Å². The molecular formula is C22H19ClN4O3. The van der Waals surface area contributed by atoms with Gasteiger partial charge in [0.05, 0.1) is 12.2 Å². The highest BCUT2D eigenvalue weighted by Crippen LogP contribution is 2.28. The minimum Gasteiger partial charge on any atom is -0.353 e. The summed E-state index contributed by atoms with van der Waals surface area (Å²) in [7, 11) is 0. The van der Waals surface area contributed by atoms with Gasteiger partial charge in [-0.15, -0.1) is 0 Å². The first-order valence-corrected chi connectivity index (χ1v) is 9.86. The first-order valence-electron chi connectivity index (χ1n) is 9.48. The van der Waals surface area contributed by atoms with Crippen molar-refractivity contribution >= 4 is 34.2 Å². The summed E-state index contributed by atoms with van der Waals surface area (Å²) in [6.45, 7) is 3.63. The third-order valence-electron chi connectivity index (χ3n) is 4.68. The van der Waals surface area contributed by atoms with E-state index in [-0.39, 0.29) is 18.0 Å². The summed E-state index contributed by atoms with van der Waals surface area (Å²) in [6.07, 6.45) is 0.554. The zero-order chi connectivity index (χ0) is 21.3. The van der Waals surface area contributed by atoms with Crippen molar-refractivity contribution in [2.24, 2.45) is 0 Å². The van der Waals surface area contributed by atoms with Crippen molar-refractivity contribution in [3.05, 3.63) is 75.2 Å². The van der Waals surface area contributed by atoms with Crippen molar-refractivity contribution in [3.63, 3.8) is 0 Å². The molecule has 0 aliphatic rings. The number of aryl methyl sites for hydroxylation is 1. The molecule has 2 heterocycles. The van der Waals surface area contributed by atoms with Gasteiger partial charge in [0.25, 0.3) is 5.56 Å². The maximum absolute atomic E-state index is 13.2. The van der Waals surface area contributed by atoms with Crippen molar-refractivity contribution in [2.75, 3.05) is 5.32 Å². The standard InChI is InChI=1S/C22H19ClN4O3/c1-3-18-19-21(30-26-18)20(15-5-4-6-17(11-15)24-13(2)28)25-27(22(19)29)12-14-7-9-16(23)10-8-14/h4-11H,3,12H2,1-2H3,(H,24,28). The van der Waals surface area contributed by atoms with Gasteiger partial charge in [-0.25, -0.2) is 4.68 Å². The number of carbonyl (C=O) groups excluding carboxylic acids is 1. The fourth-order valence-corrected chi connectivity index (χ4v) is 3.42. The number of rotatable bonds is 5. The van der Waals surface area contributed by atoms with Gasteiger partial charge in [0.1, 0.15) is 11.1 Å². The molecule has 30 heavy (non-hydrogen) atoms. The number of anilines is 1. The second kappa shape index (κ2) is 8.12. The van der Waals surface area contributed by atoms with Crippen molar-refractivity contribution in [2.45, 2.75) is 26.8 Å². The Bertz CT molecular complexity index is 1290. The zero-order valence-electron chi connectivity index (χ0n) is 16.5. The normalized spacial score (nSPS) is 11.0. The Labute approximate surface area is 177 Å². The van der Waals surface area contributed by atoms with Gasteiger partial charge in [-0.3, -0.25) is 9.59 Å². The Morgan fingerprint density at radius 3 is 2.67 bits per heavy atom. The molecule has 2 aromatic heterocycles. The summed E-state index contributed by atoms with van der Waals surface area (Å²) in [6, 6.07) is 14.5. The molecule has 0 bridgehead atoms. The maximum atomic E-state index is 13.2. The number of hydrogen-bond acceptors (Lipinski definition) is 5. The summed E-state index contributed by atoms with van der Waals surface area (Å²) in [5.74, 6) is -0.175. The van der Waals surface area contributed by atoms with Crippen LogP contribution in [0.1, 0.15) is 25.1 Å². The van der Waals surface area contributed by atoms with Crippen molar-refractivity contribution in [1.29, 1.82) is 0 Å². The maximum Gasteiger partial charge on any atom is 0.280 e. The molecule has 0 saturated carbocycles. The molecule has 0 atom stereocenters. The van der Waals surface area contributed by atoms with Gasteiger partial charge >= 0.3 is 0 Å². The van der Waals surface area contributed by atoms with E-state index in [1.54, 1.807) is 30.3 Å². The molecule has 1 N–H and O–H groups in total. The first-order chi connectivity index (χ1) is 14.5. The monoisotopic (exact) mass is 422 g/mol. The van der Waals surface area contributed by atoms with Gasteiger partial charge in [-0.05, 0) is 36.2 Å². The molecule has 152 valence electrons. The number of fused-ring (bicyclic) bond motifs is 1. The molecular weight excluding hydrogens is 404 g/mol. The van der Waals surface area contributed by atoms with E-state index in [1.807, 2.05) is 25.1 Å². The van der Waals surface area contributed by atoms with Crippen LogP contribution in [0.25, 0.3) is 22.2 Å². The second-order valence-electron chi connectivity index (χ2n) is 6.89. The molecule has 0 fully saturated rings. The Morgan fingerprint density at radius 1 is 1.20 bits per heavy atom. The van der Waals surface area contributed by atoms with Gasteiger partial charge in [-0.2, -0.15) is 5.10 Å².